The topological polar surface area (TPSA) is 12.0 Å². The molecule has 0 saturated carbocycles. The fraction of sp³-hybridized carbons (Fsp3) is 1.00. The van der Waals surface area contributed by atoms with Gasteiger partial charge in [0.2, 0.25) is 0 Å². The normalized spacial score (nSPS) is 34.3. The summed E-state index contributed by atoms with van der Waals surface area (Å²) in [5.41, 5.74) is 0. The maximum absolute atomic E-state index is 12.5. The Hall–Kier alpha value is 0.170. The van der Waals surface area contributed by atoms with Crippen molar-refractivity contribution in [2.45, 2.75) is 17.6 Å². The molecule has 1 heterocycles. The second kappa shape index (κ2) is 2.42. The lowest BCUT2D eigenvalue weighted by Crippen LogP contribution is -2.45. The number of rotatable bonds is 0. The largest absolute Gasteiger partial charge is 0.315 e. The zero-order valence-electron chi connectivity index (χ0n) is 4.90. The highest BCUT2D eigenvalue weighted by molar-refractivity contribution is 7.81. The Morgan fingerprint density at radius 3 is 2.56 bits per heavy atom. The van der Waals surface area contributed by atoms with Crippen LogP contribution in [0.1, 0.15) is 6.42 Å². The molecule has 0 unspecified atom stereocenters. The molecular weight excluding hydrogens is 144 g/mol. The molecule has 1 aliphatic heterocycles. The van der Waals surface area contributed by atoms with Gasteiger partial charge in [-0.1, -0.05) is 0 Å². The van der Waals surface area contributed by atoms with Gasteiger partial charge in [-0.25, -0.2) is 8.78 Å². The van der Waals surface area contributed by atoms with E-state index < -0.39 is 11.2 Å². The van der Waals surface area contributed by atoms with Crippen molar-refractivity contribution >= 4 is 12.6 Å². The van der Waals surface area contributed by atoms with E-state index in [-0.39, 0.29) is 6.42 Å². The average molecular weight is 153 g/mol. The molecule has 1 rings (SSSR count). The lowest BCUT2D eigenvalue weighted by Gasteiger charge is -2.27. The van der Waals surface area contributed by atoms with Gasteiger partial charge in [-0.3, -0.25) is 0 Å². The van der Waals surface area contributed by atoms with E-state index in [1.165, 1.54) is 0 Å². The Kier molecular flexibility index (Phi) is 1.96. The molecule has 0 aromatic heterocycles. The van der Waals surface area contributed by atoms with E-state index in [2.05, 4.69) is 17.9 Å². The van der Waals surface area contributed by atoms with E-state index in [9.17, 15) is 8.78 Å². The highest BCUT2D eigenvalue weighted by Gasteiger charge is 2.38. The van der Waals surface area contributed by atoms with E-state index in [0.717, 1.165) is 0 Å². The van der Waals surface area contributed by atoms with Crippen molar-refractivity contribution in [2.75, 3.05) is 13.1 Å². The second-order valence-electron chi connectivity index (χ2n) is 2.23. The van der Waals surface area contributed by atoms with Gasteiger partial charge in [0, 0.05) is 19.5 Å². The summed E-state index contributed by atoms with van der Waals surface area (Å²) < 4.78 is 25.0. The lowest BCUT2D eigenvalue weighted by molar-refractivity contribution is -0.0202. The maximum atomic E-state index is 12.5. The Bertz CT molecular complexity index is 107. The van der Waals surface area contributed by atoms with E-state index in [1.54, 1.807) is 0 Å². The van der Waals surface area contributed by atoms with Crippen LogP contribution in [0, 0.1) is 0 Å². The summed E-state index contributed by atoms with van der Waals surface area (Å²) >= 11 is 3.73. The SMILES string of the molecule is FC1(F)CCNC[C@H]1S. The van der Waals surface area contributed by atoms with Gasteiger partial charge in [-0.2, -0.15) is 12.6 Å². The molecule has 1 fully saturated rings. The first kappa shape index (κ1) is 7.28. The molecule has 1 nitrogen and oxygen atoms in total. The number of thiol groups is 1. The summed E-state index contributed by atoms with van der Waals surface area (Å²) in [4.78, 5) is 0. The van der Waals surface area contributed by atoms with E-state index in [0.29, 0.717) is 13.1 Å². The standard InChI is InChI=1S/C5H9F2NS/c6-5(7)1-2-8-3-4(5)9/h4,8-9H,1-3H2/t4-/m1/s1. The number of halogens is 2. The van der Waals surface area contributed by atoms with Gasteiger partial charge in [0.1, 0.15) is 0 Å². The monoisotopic (exact) mass is 153 g/mol. The minimum absolute atomic E-state index is 0.0822. The summed E-state index contributed by atoms with van der Waals surface area (Å²) in [5.74, 6) is -2.56. The van der Waals surface area contributed by atoms with Crippen molar-refractivity contribution in [1.29, 1.82) is 0 Å². The van der Waals surface area contributed by atoms with Crippen molar-refractivity contribution in [1.82, 2.24) is 5.32 Å². The first-order chi connectivity index (χ1) is 4.13. The number of nitrogens with one attached hydrogen (secondary N) is 1. The van der Waals surface area contributed by atoms with Gasteiger partial charge in [-0.15, -0.1) is 0 Å². The highest BCUT2D eigenvalue weighted by atomic mass is 32.1. The molecule has 0 radical (unpaired) electrons. The van der Waals surface area contributed by atoms with Gasteiger partial charge in [0.15, 0.2) is 0 Å². The first-order valence-corrected chi connectivity index (χ1v) is 3.41. The zero-order chi connectivity index (χ0) is 6.91. The van der Waals surface area contributed by atoms with E-state index >= 15 is 0 Å². The summed E-state index contributed by atoms with van der Waals surface area (Å²) in [7, 11) is 0. The van der Waals surface area contributed by atoms with Crippen molar-refractivity contribution in [3.63, 3.8) is 0 Å². The first-order valence-electron chi connectivity index (χ1n) is 2.89. The Morgan fingerprint density at radius 1 is 1.56 bits per heavy atom. The minimum Gasteiger partial charge on any atom is -0.315 e. The fourth-order valence-electron chi connectivity index (χ4n) is 0.810. The third-order valence-electron chi connectivity index (χ3n) is 1.46. The average Bonchev–Trinajstić information content (AvgIpc) is 1.77. The Morgan fingerprint density at radius 2 is 2.22 bits per heavy atom. The molecule has 0 aromatic carbocycles. The van der Waals surface area contributed by atoms with Crippen LogP contribution in [-0.2, 0) is 0 Å². The van der Waals surface area contributed by atoms with Gasteiger partial charge in [0.25, 0.3) is 5.92 Å². The highest BCUT2D eigenvalue weighted by Crippen LogP contribution is 2.28. The van der Waals surface area contributed by atoms with E-state index in [4.69, 9.17) is 0 Å². The number of alkyl halides is 2. The molecule has 1 aliphatic rings. The molecule has 1 atom stereocenters. The number of hydrogen-bond acceptors (Lipinski definition) is 2. The summed E-state index contributed by atoms with van der Waals surface area (Å²) in [6.45, 7) is 0.722. The van der Waals surface area contributed by atoms with Crippen LogP contribution in [0.25, 0.3) is 0 Å². The van der Waals surface area contributed by atoms with Crippen molar-refractivity contribution < 1.29 is 8.78 Å². The summed E-state index contributed by atoms with van der Waals surface area (Å²) in [5, 5.41) is 2.03. The molecule has 9 heavy (non-hydrogen) atoms. The van der Waals surface area contributed by atoms with Gasteiger partial charge in [0.05, 0.1) is 5.25 Å². The van der Waals surface area contributed by atoms with Crippen LogP contribution in [0.3, 0.4) is 0 Å². The van der Waals surface area contributed by atoms with Gasteiger partial charge < -0.3 is 5.32 Å². The summed E-state index contributed by atoms with van der Waals surface area (Å²) in [6, 6.07) is 0. The molecule has 0 bridgehead atoms. The Balaban J connectivity index is 2.49. The zero-order valence-corrected chi connectivity index (χ0v) is 5.80. The number of hydrogen-bond donors (Lipinski definition) is 2. The molecule has 1 saturated heterocycles. The molecule has 0 spiro atoms. The van der Waals surface area contributed by atoms with Crippen LogP contribution in [0.2, 0.25) is 0 Å². The molecule has 0 amide bonds. The van der Waals surface area contributed by atoms with E-state index in [1.807, 2.05) is 0 Å². The third kappa shape index (κ3) is 1.55. The fourth-order valence-corrected chi connectivity index (χ4v) is 1.07. The quantitative estimate of drug-likeness (QED) is 0.493. The molecule has 0 aromatic rings. The smallest absolute Gasteiger partial charge is 0.261 e. The van der Waals surface area contributed by atoms with Gasteiger partial charge in [-0.05, 0) is 0 Å². The third-order valence-corrected chi connectivity index (χ3v) is 2.02. The molecule has 54 valence electrons. The predicted molar refractivity (Wildman–Crippen MR) is 35.2 cm³/mol. The van der Waals surface area contributed by atoms with Crippen LogP contribution in [0.4, 0.5) is 8.78 Å². The second-order valence-corrected chi connectivity index (χ2v) is 2.85. The van der Waals surface area contributed by atoms with Gasteiger partial charge >= 0.3 is 0 Å². The maximum Gasteiger partial charge on any atom is 0.261 e. The summed E-state index contributed by atoms with van der Waals surface area (Å²) in [6.07, 6.45) is -0.0822. The Labute approximate surface area is 58.2 Å². The predicted octanol–water partition coefficient (Wildman–Crippen LogP) is 0.913. The van der Waals surface area contributed by atoms with Crippen molar-refractivity contribution in [2.24, 2.45) is 0 Å². The lowest BCUT2D eigenvalue weighted by atomic mass is 10.1. The van der Waals surface area contributed by atoms with Crippen molar-refractivity contribution in [3.05, 3.63) is 0 Å². The van der Waals surface area contributed by atoms with Crippen LogP contribution in [-0.4, -0.2) is 24.3 Å². The molecule has 4 heteroatoms. The molecule has 1 N–H and O–H groups in total. The number of piperidine rings is 1. The van der Waals surface area contributed by atoms with Crippen LogP contribution < -0.4 is 5.32 Å². The molecule has 0 aliphatic carbocycles. The molecular formula is C5H9F2NS. The van der Waals surface area contributed by atoms with Crippen LogP contribution >= 0.6 is 12.6 Å². The van der Waals surface area contributed by atoms with Crippen molar-refractivity contribution in [3.8, 4) is 0 Å². The van der Waals surface area contributed by atoms with Crippen LogP contribution in [0.5, 0.6) is 0 Å². The minimum atomic E-state index is -2.56. The van der Waals surface area contributed by atoms with Crippen LogP contribution in [0.15, 0.2) is 0 Å².